The monoisotopic (exact) mass is 563 g/mol. The minimum absolute atomic E-state index is 0.0521. The number of H-pyrrole nitrogens is 1. The predicted octanol–water partition coefficient (Wildman–Crippen LogP) is 5.44. The van der Waals surface area contributed by atoms with Crippen LogP contribution in [0.1, 0.15) is 35.4 Å². The number of nitrogens with zero attached hydrogens (tertiary/aromatic N) is 3. The molecule has 0 bridgehead atoms. The number of piperidine rings is 1. The van der Waals surface area contributed by atoms with Crippen LogP contribution in [0.5, 0.6) is 0 Å². The molecular weight excluding hydrogens is 522 g/mol. The summed E-state index contributed by atoms with van der Waals surface area (Å²) in [6, 6.07) is 26.0. The first kappa shape index (κ1) is 28.0. The van der Waals surface area contributed by atoms with Gasteiger partial charge in [-0.15, -0.1) is 0 Å². The first-order chi connectivity index (χ1) is 20.5. The number of aromatic nitrogens is 1. The molecule has 1 saturated heterocycles. The zero-order valence-electron chi connectivity index (χ0n) is 24.6. The zero-order valence-corrected chi connectivity index (χ0v) is 24.6. The summed E-state index contributed by atoms with van der Waals surface area (Å²) in [4.78, 5) is 37.5. The van der Waals surface area contributed by atoms with Crippen molar-refractivity contribution >= 4 is 28.5 Å². The van der Waals surface area contributed by atoms with Crippen LogP contribution in [0.15, 0.2) is 85.1 Å². The van der Waals surface area contributed by atoms with Gasteiger partial charge in [-0.1, -0.05) is 66.7 Å². The Hall–Kier alpha value is -4.10. The van der Waals surface area contributed by atoms with Crippen LogP contribution in [-0.4, -0.2) is 73.0 Å². The molecular formula is C35H41N5O2. The van der Waals surface area contributed by atoms with Gasteiger partial charge in [0.25, 0.3) is 0 Å². The molecule has 7 nitrogen and oxygen atoms in total. The van der Waals surface area contributed by atoms with Crippen LogP contribution < -0.4 is 10.2 Å². The predicted molar refractivity (Wildman–Crippen MR) is 169 cm³/mol. The number of fused-ring (bicyclic) bond motifs is 2. The van der Waals surface area contributed by atoms with Crippen molar-refractivity contribution in [3.05, 3.63) is 102 Å². The van der Waals surface area contributed by atoms with Crippen molar-refractivity contribution in [2.24, 2.45) is 5.92 Å². The van der Waals surface area contributed by atoms with Crippen molar-refractivity contribution in [2.45, 2.75) is 37.6 Å². The van der Waals surface area contributed by atoms with Crippen LogP contribution >= 0.6 is 0 Å². The van der Waals surface area contributed by atoms with Crippen LogP contribution in [0.4, 0.5) is 10.5 Å². The lowest BCUT2D eigenvalue weighted by molar-refractivity contribution is -0.120. The number of hydrogen-bond acceptors (Lipinski definition) is 3. The van der Waals surface area contributed by atoms with Crippen molar-refractivity contribution < 1.29 is 9.59 Å². The number of likely N-dealkylation sites (tertiary alicyclic amines) is 1. The maximum Gasteiger partial charge on any atom is 0.318 e. The van der Waals surface area contributed by atoms with Gasteiger partial charge in [0.2, 0.25) is 5.91 Å². The highest BCUT2D eigenvalue weighted by Crippen LogP contribution is 2.32. The van der Waals surface area contributed by atoms with Crippen molar-refractivity contribution in [3.8, 4) is 0 Å². The maximum atomic E-state index is 14.5. The van der Waals surface area contributed by atoms with Gasteiger partial charge in [0.05, 0.1) is 0 Å². The molecule has 1 fully saturated rings. The highest BCUT2D eigenvalue weighted by molar-refractivity contribution is 6.00. The van der Waals surface area contributed by atoms with Gasteiger partial charge in [-0.3, -0.25) is 4.79 Å². The number of urea groups is 1. The van der Waals surface area contributed by atoms with Crippen molar-refractivity contribution in [1.29, 1.82) is 0 Å². The maximum absolute atomic E-state index is 14.5. The summed E-state index contributed by atoms with van der Waals surface area (Å²) >= 11 is 0. The van der Waals surface area contributed by atoms with E-state index in [0.717, 1.165) is 48.0 Å². The SMILES string of the molecule is CN(C)C[C@@H]1Cc2ccccc2N(C(=O)[C@@H](Cc2c[nH]c3ccccc23)NC(=O)N2CCC(c3ccccc3)CC2)C1. The van der Waals surface area contributed by atoms with E-state index >= 15 is 0 Å². The summed E-state index contributed by atoms with van der Waals surface area (Å²) in [5.41, 5.74) is 5.54. The lowest BCUT2D eigenvalue weighted by Gasteiger charge is -2.38. The highest BCUT2D eigenvalue weighted by atomic mass is 16.2. The highest BCUT2D eigenvalue weighted by Gasteiger charge is 2.35. The second kappa shape index (κ2) is 12.4. The Balaban J connectivity index is 1.24. The van der Waals surface area contributed by atoms with Gasteiger partial charge in [0.15, 0.2) is 0 Å². The van der Waals surface area contributed by atoms with E-state index in [4.69, 9.17) is 0 Å². The summed E-state index contributed by atoms with van der Waals surface area (Å²) in [6.45, 7) is 2.89. The molecule has 0 spiro atoms. The normalized spacial score (nSPS) is 18.2. The van der Waals surface area contributed by atoms with Gasteiger partial charge in [0.1, 0.15) is 6.04 Å². The van der Waals surface area contributed by atoms with E-state index in [1.807, 2.05) is 58.5 Å². The van der Waals surface area contributed by atoms with Crippen molar-refractivity contribution in [2.75, 3.05) is 45.2 Å². The Morgan fingerprint density at radius 1 is 0.952 bits per heavy atom. The standard InChI is InChI=1S/C35H41N5O2/c1-38(2)23-25-20-28-12-6-9-15-33(28)40(24-25)34(41)32(21-29-22-36-31-14-8-7-13-30(29)31)37-35(42)39-18-16-27(17-19-39)26-10-4-3-5-11-26/h3-15,22,25,27,32,36H,16-21,23-24H2,1-2H3,(H,37,42)/t25-,32+/m0/s1. The number of para-hydroxylation sites is 2. The lowest BCUT2D eigenvalue weighted by atomic mass is 9.89. The number of carbonyl (C=O) groups is 2. The molecule has 0 unspecified atom stereocenters. The molecule has 7 heteroatoms. The van der Waals surface area contributed by atoms with E-state index < -0.39 is 6.04 Å². The van der Waals surface area contributed by atoms with E-state index in [1.165, 1.54) is 11.1 Å². The van der Waals surface area contributed by atoms with Gasteiger partial charge >= 0.3 is 6.03 Å². The van der Waals surface area contributed by atoms with Crippen molar-refractivity contribution in [1.82, 2.24) is 20.1 Å². The number of aromatic amines is 1. The van der Waals surface area contributed by atoms with Crippen LogP contribution in [0.2, 0.25) is 0 Å². The third-order valence-electron chi connectivity index (χ3n) is 8.87. The Kier molecular flexibility index (Phi) is 8.29. The number of rotatable bonds is 7. The molecule has 3 amide bonds. The summed E-state index contributed by atoms with van der Waals surface area (Å²) in [5.74, 6) is 0.724. The molecule has 3 heterocycles. The Labute approximate surface area is 248 Å². The van der Waals surface area contributed by atoms with Crippen LogP contribution in [0, 0.1) is 5.92 Å². The molecule has 2 aliphatic rings. The first-order valence-corrected chi connectivity index (χ1v) is 15.2. The number of hydrogen-bond donors (Lipinski definition) is 2. The number of amides is 3. The van der Waals surface area contributed by atoms with E-state index in [9.17, 15) is 9.59 Å². The van der Waals surface area contributed by atoms with Gasteiger partial charge in [-0.25, -0.2) is 4.79 Å². The fourth-order valence-electron chi connectivity index (χ4n) is 6.82. The molecule has 42 heavy (non-hydrogen) atoms. The number of nitrogens with one attached hydrogen (secondary N) is 2. The van der Waals surface area contributed by atoms with Crippen LogP contribution in [0.25, 0.3) is 10.9 Å². The zero-order chi connectivity index (χ0) is 29.1. The fourth-order valence-corrected chi connectivity index (χ4v) is 6.82. The Morgan fingerprint density at radius 3 is 2.45 bits per heavy atom. The third-order valence-corrected chi connectivity index (χ3v) is 8.87. The Morgan fingerprint density at radius 2 is 1.67 bits per heavy atom. The molecule has 0 saturated carbocycles. The quantitative estimate of drug-likeness (QED) is 0.315. The van der Waals surface area contributed by atoms with Gasteiger partial charge < -0.3 is 25.0 Å². The van der Waals surface area contributed by atoms with Crippen LogP contribution in [-0.2, 0) is 17.6 Å². The van der Waals surface area contributed by atoms with E-state index in [-0.39, 0.29) is 11.9 Å². The summed E-state index contributed by atoms with van der Waals surface area (Å²) in [7, 11) is 4.15. The molecule has 4 aromatic rings. The molecule has 218 valence electrons. The number of carbonyl (C=O) groups excluding carboxylic acids is 2. The smallest absolute Gasteiger partial charge is 0.318 e. The van der Waals surface area contributed by atoms with E-state index in [2.05, 4.69) is 65.7 Å². The molecule has 2 atom stereocenters. The third kappa shape index (κ3) is 6.07. The second-order valence-electron chi connectivity index (χ2n) is 12.1. The fraction of sp³-hybridized carbons (Fsp3) is 0.371. The largest absolute Gasteiger partial charge is 0.361 e. The van der Waals surface area contributed by atoms with Gasteiger partial charge in [-0.05, 0) is 74.0 Å². The van der Waals surface area contributed by atoms with Crippen molar-refractivity contribution in [3.63, 3.8) is 0 Å². The molecule has 2 N–H and O–H groups in total. The van der Waals surface area contributed by atoms with E-state index in [0.29, 0.717) is 37.9 Å². The average molecular weight is 564 g/mol. The molecule has 3 aromatic carbocycles. The minimum Gasteiger partial charge on any atom is -0.361 e. The minimum atomic E-state index is -0.685. The van der Waals surface area contributed by atoms with Gasteiger partial charge in [-0.2, -0.15) is 0 Å². The number of anilines is 1. The van der Waals surface area contributed by atoms with Crippen LogP contribution in [0.3, 0.4) is 0 Å². The summed E-state index contributed by atoms with van der Waals surface area (Å²) < 4.78 is 0. The summed E-state index contributed by atoms with van der Waals surface area (Å²) in [6.07, 6.45) is 5.18. The topological polar surface area (TPSA) is 71.7 Å². The van der Waals surface area contributed by atoms with E-state index in [1.54, 1.807) is 0 Å². The lowest BCUT2D eigenvalue weighted by Crippen LogP contribution is -2.56. The molecule has 2 aliphatic heterocycles. The number of benzene rings is 3. The first-order valence-electron chi connectivity index (χ1n) is 15.2. The molecule has 1 aromatic heterocycles. The van der Waals surface area contributed by atoms with Gasteiger partial charge in [0, 0.05) is 55.4 Å². The molecule has 6 rings (SSSR count). The summed E-state index contributed by atoms with van der Waals surface area (Å²) in [5, 5.41) is 4.28. The Bertz CT molecular complexity index is 1520. The average Bonchev–Trinajstić information content (AvgIpc) is 3.43. The molecule has 0 radical (unpaired) electrons. The second-order valence-corrected chi connectivity index (χ2v) is 12.1. The molecule has 0 aliphatic carbocycles.